The molecule has 0 spiro atoms. The summed E-state index contributed by atoms with van der Waals surface area (Å²) < 4.78 is 33.5. The van der Waals surface area contributed by atoms with Crippen LogP contribution in [0, 0.1) is 0 Å². The lowest BCUT2D eigenvalue weighted by Gasteiger charge is -2.42. The van der Waals surface area contributed by atoms with Gasteiger partial charge in [-0.2, -0.15) is 0 Å². The Labute approximate surface area is 414 Å². The third kappa shape index (κ3) is 28.9. The zero-order valence-electron chi connectivity index (χ0n) is 42.3. The first-order chi connectivity index (χ1) is 33.5. The minimum absolute atomic E-state index is 0.142. The Hall–Kier alpha value is -2.54. The molecule has 0 bridgehead atoms. The molecule has 2 heterocycles. The molecule has 0 aromatic rings. The molecule has 2 rings (SSSR count). The SMILES string of the molecule is CCCCC/C=C/C/C=C/C/C=C/C/C=C/CCCC(=O)OC[C@@H](CO[C@@H]1O[C@H](CO[C@@H]2O[C@H](CO)[C@H](O)C(O)C2O)[C@H](O)C(O)C1O)OC(=O)CCCCCCCCCCCCCCCCCC. The molecule has 2 aliphatic heterocycles. The van der Waals surface area contributed by atoms with Gasteiger partial charge in [0, 0.05) is 12.8 Å². The molecular formula is C54H94O15. The smallest absolute Gasteiger partial charge is 0.306 e. The zero-order chi connectivity index (χ0) is 50.3. The third-order valence-electron chi connectivity index (χ3n) is 12.6. The third-order valence-corrected chi connectivity index (χ3v) is 12.6. The predicted octanol–water partition coefficient (Wildman–Crippen LogP) is 7.88. The van der Waals surface area contributed by atoms with Crippen LogP contribution in [0.2, 0.25) is 0 Å². The lowest BCUT2D eigenvalue weighted by molar-refractivity contribution is -0.332. The molecule has 0 radical (unpaired) electrons. The molecule has 2 aliphatic rings. The average Bonchev–Trinajstić information content (AvgIpc) is 3.34. The molecule has 400 valence electrons. The van der Waals surface area contributed by atoms with Gasteiger partial charge in [-0.15, -0.1) is 0 Å². The van der Waals surface area contributed by atoms with Crippen molar-refractivity contribution in [3.63, 3.8) is 0 Å². The molecule has 7 N–H and O–H groups in total. The monoisotopic (exact) mass is 983 g/mol. The maximum Gasteiger partial charge on any atom is 0.306 e. The summed E-state index contributed by atoms with van der Waals surface area (Å²) in [6.45, 7) is 2.52. The molecule has 69 heavy (non-hydrogen) atoms. The van der Waals surface area contributed by atoms with Crippen molar-refractivity contribution in [3.8, 4) is 0 Å². The molecule has 15 heteroatoms. The summed E-state index contributed by atoms with van der Waals surface area (Å²) in [5.41, 5.74) is 0. The second kappa shape index (κ2) is 41.0. The van der Waals surface area contributed by atoms with Crippen LogP contribution >= 0.6 is 0 Å². The molecule has 15 nitrogen and oxygen atoms in total. The van der Waals surface area contributed by atoms with Gasteiger partial charge in [-0.3, -0.25) is 9.59 Å². The Bertz CT molecular complexity index is 1390. The fourth-order valence-corrected chi connectivity index (χ4v) is 8.15. The fourth-order valence-electron chi connectivity index (χ4n) is 8.15. The normalized spacial score (nSPS) is 25.9. The first-order valence-corrected chi connectivity index (χ1v) is 26.7. The van der Waals surface area contributed by atoms with Crippen molar-refractivity contribution in [2.24, 2.45) is 0 Å². The van der Waals surface area contributed by atoms with Gasteiger partial charge in [-0.1, -0.05) is 172 Å². The van der Waals surface area contributed by atoms with E-state index < -0.39 is 99.3 Å². The Kier molecular flexibility index (Phi) is 37.2. The standard InChI is InChI=1S/C54H94O15/c1-3-5-7-9-11-13-15-17-19-21-23-24-26-28-30-32-34-36-45(56)64-39-42(67-46(57)37-35-33-31-29-27-25-22-20-18-16-14-12-10-8-6-4-2)40-65-53-52(63)50(61)48(59)44(69-53)41-66-54-51(62)49(60)47(58)43(38-55)68-54/h11,13,17,19,23-24,28,30,42-44,47-55,58-63H,3-10,12,14-16,18,20-22,25-27,29,31-41H2,1-2H3/b13-11+,19-17+,24-23+,30-28+/t42-,43+,44+,47-,48-,49?,50?,51?,52?,53+,54+/m0/s1. The quantitative estimate of drug-likeness (QED) is 0.0176. The van der Waals surface area contributed by atoms with E-state index in [1.807, 2.05) is 6.08 Å². The van der Waals surface area contributed by atoms with E-state index in [0.717, 1.165) is 44.9 Å². The van der Waals surface area contributed by atoms with Crippen LogP contribution in [0.4, 0.5) is 0 Å². The van der Waals surface area contributed by atoms with Crippen LogP contribution in [0.25, 0.3) is 0 Å². The van der Waals surface area contributed by atoms with Crippen LogP contribution in [0.3, 0.4) is 0 Å². The van der Waals surface area contributed by atoms with E-state index in [0.29, 0.717) is 19.3 Å². The summed E-state index contributed by atoms with van der Waals surface area (Å²) >= 11 is 0. The minimum Gasteiger partial charge on any atom is -0.462 e. The van der Waals surface area contributed by atoms with Crippen molar-refractivity contribution in [2.75, 3.05) is 26.4 Å². The van der Waals surface area contributed by atoms with Gasteiger partial charge in [0.15, 0.2) is 18.7 Å². The van der Waals surface area contributed by atoms with Crippen molar-refractivity contribution in [3.05, 3.63) is 48.6 Å². The molecule has 0 amide bonds. The highest BCUT2D eigenvalue weighted by Crippen LogP contribution is 2.26. The number of hydrogen-bond donors (Lipinski definition) is 7. The topological polar surface area (TPSA) is 231 Å². The van der Waals surface area contributed by atoms with Gasteiger partial charge in [0.25, 0.3) is 0 Å². The summed E-state index contributed by atoms with van der Waals surface area (Å²) in [5, 5.41) is 72.1. The van der Waals surface area contributed by atoms with Gasteiger partial charge in [0.2, 0.25) is 0 Å². The lowest BCUT2D eigenvalue weighted by Crippen LogP contribution is -2.61. The van der Waals surface area contributed by atoms with Crippen molar-refractivity contribution < 1.29 is 73.8 Å². The molecule has 0 aromatic carbocycles. The zero-order valence-corrected chi connectivity index (χ0v) is 42.3. The number of unbranched alkanes of at least 4 members (excludes halogenated alkanes) is 19. The minimum atomic E-state index is -1.77. The summed E-state index contributed by atoms with van der Waals surface area (Å²) in [4.78, 5) is 25.8. The second-order valence-corrected chi connectivity index (χ2v) is 18.7. The maximum atomic E-state index is 13.0. The van der Waals surface area contributed by atoms with Gasteiger partial charge in [-0.25, -0.2) is 0 Å². The van der Waals surface area contributed by atoms with Crippen molar-refractivity contribution >= 4 is 11.9 Å². The van der Waals surface area contributed by atoms with Crippen molar-refractivity contribution in [2.45, 2.75) is 255 Å². The number of carbonyl (C=O) groups excluding carboxylic acids is 2. The van der Waals surface area contributed by atoms with Crippen molar-refractivity contribution in [1.82, 2.24) is 0 Å². The van der Waals surface area contributed by atoms with E-state index in [2.05, 4.69) is 56.4 Å². The summed E-state index contributed by atoms with van der Waals surface area (Å²) in [7, 11) is 0. The molecule has 4 unspecified atom stereocenters. The molecular weight excluding hydrogens is 889 g/mol. The van der Waals surface area contributed by atoms with Crippen LogP contribution in [0.15, 0.2) is 48.6 Å². The highest BCUT2D eigenvalue weighted by atomic mass is 16.7. The van der Waals surface area contributed by atoms with Crippen LogP contribution in [-0.2, 0) is 38.0 Å². The number of hydrogen-bond acceptors (Lipinski definition) is 15. The van der Waals surface area contributed by atoms with E-state index in [9.17, 15) is 45.3 Å². The summed E-state index contributed by atoms with van der Waals surface area (Å²) in [5.74, 6) is -0.987. The Balaban J connectivity index is 1.82. The molecule has 2 fully saturated rings. The van der Waals surface area contributed by atoms with E-state index >= 15 is 0 Å². The first-order valence-electron chi connectivity index (χ1n) is 26.7. The number of aliphatic hydroxyl groups excluding tert-OH is 7. The van der Waals surface area contributed by atoms with Gasteiger partial charge < -0.3 is 64.2 Å². The Morgan fingerprint density at radius 1 is 0.464 bits per heavy atom. The Morgan fingerprint density at radius 3 is 1.41 bits per heavy atom. The first kappa shape index (κ1) is 62.6. The highest BCUT2D eigenvalue weighted by molar-refractivity contribution is 5.70. The van der Waals surface area contributed by atoms with E-state index in [-0.39, 0.29) is 19.4 Å². The number of ether oxygens (including phenoxy) is 6. The van der Waals surface area contributed by atoms with Gasteiger partial charge in [0.05, 0.1) is 19.8 Å². The van der Waals surface area contributed by atoms with Crippen LogP contribution in [0.1, 0.15) is 187 Å². The molecule has 2 saturated heterocycles. The van der Waals surface area contributed by atoms with Gasteiger partial charge in [0.1, 0.15) is 55.4 Å². The Morgan fingerprint density at radius 2 is 0.884 bits per heavy atom. The van der Waals surface area contributed by atoms with Crippen molar-refractivity contribution in [1.29, 1.82) is 0 Å². The van der Waals surface area contributed by atoms with Gasteiger partial charge in [-0.05, 0) is 51.4 Å². The molecule has 0 aromatic heterocycles. The van der Waals surface area contributed by atoms with E-state index in [1.165, 1.54) is 96.3 Å². The molecule has 0 saturated carbocycles. The average molecular weight is 983 g/mol. The molecule has 0 aliphatic carbocycles. The fraction of sp³-hybridized carbons (Fsp3) is 0.815. The number of allylic oxidation sites excluding steroid dienone is 8. The summed E-state index contributed by atoms with van der Waals surface area (Å²) in [6.07, 6.45) is 28.5. The highest BCUT2D eigenvalue weighted by Gasteiger charge is 2.47. The lowest BCUT2D eigenvalue weighted by atomic mass is 9.98. The largest absolute Gasteiger partial charge is 0.462 e. The van der Waals surface area contributed by atoms with Crippen LogP contribution < -0.4 is 0 Å². The number of rotatable bonds is 41. The number of esters is 2. The summed E-state index contributed by atoms with van der Waals surface area (Å²) in [6, 6.07) is 0. The number of carbonyl (C=O) groups is 2. The van der Waals surface area contributed by atoms with E-state index in [4.69, 9.17) is 28.4 Å². The maximum absolute atomic E-state index is 13.0. The van der Waals surface area contributed by atoms with Crippen LogP contribution in [-0.4, -0.2) is 142 Å². The second-order valence-electron chi connectivity index (χ2n) is 18.7. The van der Waals surface area contributed by atoms with Gasteiger partial charge >= 0.3 is 11.9 Å². The predicted molar refractivity (Wildman–Crippen MR) is 266 cm³/mol. The van der Waals surface area contributed by atoms with E-state index in [1.54, 1.807) is 0 Å². The van der Waals surface area contributed by atoms with Crippen LogP contribution in [0.5, 0.6) is 0 Å². The molecule has 11 atom stereocenters. The number of aliphatic hydroxyl groups is 7.